The van der Waals surface area contributed by atoms with Crippen LogP contribution in [0.5, 0.6) is 5.75 Å². The van der Waals surface area contributed by atoms with Gasteiger partial charge in [-0.15, -0.1) is 11.8 Å². The number of ether oxygens (including phenoxy) is 1. The molecule has 0 fully saturated rings. The summed E-state index contributed by atoms with van der Waals surface area (Å²) in [4.78, 5) is 1.15. The van der Waals surface area contributed by atoms with E-state index in [2.05, 4.69) is 11.4 Å². The van der Waals surface area contributed by atoms with Crippen LogP contribution in [0, 0.1) is 11.3 Å². The van der Waals surface area contributed by atoms with Crippen molar-refractivity contribution in [1.29, 1.82) is 5.26 Å². The SMILES string of the molecule is CCNC(C#N)CSc1ccc(OC)cc1. The predicted octanol–water partition coefficient (Wildman–Crippen LogP) is 2.29. The third-order valence-corrected chi connectivity index (χ3v) is 3.19. The summed E-state index contributed by atoms with van der Waals surface area (Å²) in [6, 6.07) is 10.0. The highest BCUT2D eigenvalue weighted by molar-refractivity contribution is 7.99. The number of thioether (sulfide) groups is 1. The molecular formula is C12H16N2OS. The fourth-order valence-electron chi connectivity index (χ4n) is 1.24. The number of benzene rings is 1. The van der Waals surface area contributed by atoms with E-state index in [1.54, 1.807) is 18.9 Å². The summed E-state index contributed by atoms with van der Waals surface area (Å²) < 4.78 is 5.08. The zero-order valence-electron chi connectivity index (χ0n) is 9.56. The first-order valence-corrected chi connectivity index (χ1v) is 6.18. The van der Waals surface area contributed by atoms with Crippen molar-refractivity contribution < 1.29 is 4.74 Å². The minimum absolute atomic E-state index is 0.0860. The Balaban J connectivity index is 2.44. The van der Waals surface area contributed by atoms with Crippen molar-refractivity contribution in [3.63, 3.8) is 0 Å². The Kier molecular flexibility index (Phi) is 5.76. The van der Waals surface area contributed by atoms with Crippen molar-refractivity contribution >= 4 is 11.8 Å². The van der Waals surface area contributed by atoms with Gasteiger partial charge in [-0.1, -0.05) is 6.92 Å². The second-order valence-corrected chi connectivity index (χ2v) is 4.32. The zero-order chi connectivity index (χ0) is 11.8. The average Bonchev–Trinajstić information content (AvgIpc) is 2.35. The molecule has 0 aliphatic heterocycles. The van der Waals surface area contributed by atoms with E-state index in [-0.39, 0.29) is 6.04 Å². The van der Waals surface area contributed by atoms with Crippen molar-refractivity contribution in [3.05, 3.63) is 24.3 Å². The Morgan fingerprint density at radius 1 is 1.44 bits per heavy atom. The number of hydrogen-bond acceptors (Lipinski definition) is 4. The molecule has 1 aromatic carbocycles. The molecule has 1 N–H and O–H groups in total. The molecule has 0 aromatic heterocycles. The molecule has 0 saturated heterocycles. The molecule has 1 atom stereocenters. The van der Waals surface area contributed by atoms with E-state index in [1.807, 2.05) is 31.2 Å². The Bertz CT molecular complexity index is 345. The van der Waals surface area contributed by atoms with Crippen LogP contribution in [0.1, 0.15) is 6.92 Å². The number of nitrogens with zero attached hydrogens (tertiary/aromatic N) is 1. The van der Waals surface area contributed by atoms with Crippen molar-refractivity contribution in [3.8, 4) is 11.8 Å². The molecule has 0 saturated carbocycles. The van der Waals surface area contributed by atoms with Crippen molar-refractivity contribution in [2.45, 2.75) is 17.9 Å². The lowest BCUT2D eigenvalue weighted by molar-refractivity contribution is 0.414. The Morgan fingerprint density at radius 2 is 2.12 bits per heavy atom. The van der Waals surface area contributed by atoms with E-state index in [0.29, 0.717) is 0 Å². The lowest BCUT2D eigenvalue weighted by Gasteiger charge is -2.09. The molecular weight excluding hydrogens is 220 g/mol. The average molecular weight is 236 g/mol. The Labute approximate surface area is 101 Å². The van der Waals surface area contributed by atoms with E-state index in [0.717, 1.165) is 22.9 Å². The van der Waals surface area contributed by atoms with Crippen LogP contribution in [-0.4, -0.2) is 25.4 Å². The molecule has 0 heterocycles. The van der Waals surface area contributed by atoms with Gasteiger partial charge in [0.1, 0.15) is 11.8 Å². The van der Waals surface area contributed by atoms with Crippen LogP contribution in [0.4, 0.5) is 0 Å². The fraction of sp³-hybridized carbons (Fsp3) is 0.417. The maximum Gasteiger partial charge on any atom is 0.118 e. The maximum atomic E-state index is 8.87. The Hall–Kier alpha value is -1.18. The molecule has 1 aromatic rings. The molecule has 0 aliphatic rings. The van der Waals surface area contributed by atoms with E-state index >= 15 is 0 Å². The van der Waals surface area contributed by atoms with Gasteiger partial charge in [-0.25, -0.2) is 0 Å². The van der Waals surface area contributed by atoms with Crippen LogP contribution < -0.4 is 10.1 Å². The summed E-state index contributed by atoms with van der Waals surface area (Å²) in [5, 5.41) is 12.0. The maximum absolute atomic E-state index is 8.87. The van der Waals surface area contributed by atoms with Gasteiger partial charge < -0.3 is 10.1 Å². The third-order valence-electron chi connectivity index (χ3n) is 2.08. The van der Waals surface area contributed by atoms with Crippen molar-refractivity contribution in [1.82, 2.24) is 5.32 Å². The summed E-state index contributed by atoms with van der Waals surface area (Å²) in [7, 11) is 1.65. The van der Waals surface area contributed by atoms with Crippen LogP contribution in [0.3, 0.4) is 0 Å². The van der Waals surface area contributed by atoms with Gasteiger partial charge >= 0.3 is 0 Å². The van der Waals surface area contributed by atoms with Gasteiger partial charge in [0.25, 0.3) is 0 Å². The van der Waals surface area contributed by atoms with Crippen LogP contribution in [0.15, 0.2) is 29.2 Å². The molecule has 0 spiro atoms. The largest absolute Gasteiger partial charge is 0.497 e. The number of rotatable bonds is 6. The van der Waals surface area contributed by atoms with Crippen LogP contribution >= 0.6 is 11.8 Å². The summed E-state index contributed by atoms with van der Waals surface area (Å²) in [6.07, 6.45) is 0. The summed E-state index contributed by atoms with van der Waals surface area (Å²) in [5.74, 6) is 1.62. The molecule has 0 amide bonds. The number of hydrogen-bond donors (Lipinski definition) is 1. The van der Waals surface area contributed by atoms with Crippen LogP contribution in [0.2, 0.25) is 0 Å². The van der Waals surface area contributed by atoms with E-state index < -0.39 is 0 Å². The summed E-state index contributed by atoms with van der Waals surface area (Å²) in [5.41, 5.74) is 0. The second kappa shape index (κ2) is 7.15. The topological polar surface area (TPSA) is 45.0 Å². The highest BCUT2D eigenvalue weighted by atomic mass is 32.2. The van der Waals surface area contributed by atoms with Gasteiger partial charge in [-0.05, 0) is 30.8 Å². The molecule has 0 aliphatic carbocycles. The highest BCUT2D eigenvalue weighted by Crippen LogP contribution is 2.21. The normalized spacial score (nSPS) is 11.8. The first-order chi connectivity index (χ1) is 7.80. The van der Waals surface area contributed by atoms with Crippen LogP contribution in [-0.2, 0) is 0 Å². The van der Waals surface area contributed by atoms with E-state index in [4.69, 9.17) is 10.00 Å². The minimum Gasteiger partial charge on any atom is -0.497 e. The molecule has 3 nitrogen and oxygen atoms in total. The molecule has 1 rings (SSSR count). The minimum atomic E-state index is -0.0860. The van der Waals surface area contributed by atoms with E-state index in [9.17, 15) is 0 Å². The monoisotopic (exact) mass is 236 g/mol. The lowest BCUT2D eigenvalue weighted by atomic mass is 10.3. The summed E-state index contributed by atoms with van der Waals surface area (Å²) >= 11 is 1.67. The quantitative estimate of drug-likeness (QED) is 0.770. The van der Waals surface area contributed by atoms with Gasteiger partial charge in [-0.2, -0.15) is 5.26 Å². The van der Waals surface area contributed by atoms with Gasteiger partial charge in [0, 0.05) is 10.6 Å². The molecule has 86 valence electrons. The highest BCUT2D eigenvalue weighted by Gasteiger charge is 2.05. The standard InChI is InChI=1S/C12H16N2OS/c1-3-14-10(8-13)9-16-12-6-4-11(15-2)5-7-12/h4-7,10,14H,3,9H2,1-2H3. The third kappa shape index (κ3) is 4.13. The first-order valence-electron chi connectivity index (χ1n) is 5.20. The number of nitriles is 1. The van der Waals surface area contributed by atoms with Gasteiger partial charge in [0.05, 0.1) is 13.2 Å². The van der Waals surface area contributed by atoms with Crippen LogP contribution in [0.25, 0.3) is 0 Å². The first kappa shape index (κ1) is 12.9. The van der Waals surface area contributed by atoms with Gasteiger partial charge in [0.2, 0.25) is 0 Å². The molecule has 1 unspecified atom stereocenters. The second-order valence-electron chi connectivity index (χ2n) is 3.23. The smallest absolute Gasteiger partial charge is 0.118 e. The molecule has 4 heteroatoms. The van der Waals surface area contributed by atoms with Gasteiger partial charge in [-0.3, -0.25) is 0 Å². The predicted molar refractivity (Wildman–Crippen MR) is 66.8 cm³/mol. The molecule has 0 bridgehead atoms. The number of methoxy groups -OCH3 is 1. The van der Waals surface area contributed by atoms with Crippen molar-refractivity contribution in [2.75, 3.05) is 19.4 Å². The summed E-state index contributed by atoms with van der Waals surface area (Å²) in [6.45, 7) is 2.82. The fourth-order valence-corrected chi connectivity index (χ4v) is 2.12. The lowest BCUT2D eigenvalue weighted by Crippen LogP contribution is -2.29. The zero-order valence-corrected chi connectivity index (χ0v) is 10.4. The number of nitrogens with one attached hydrogen (secondary N) is 1. The van der Waals surface area contributed by atoms with E-state index in [1.165, 1.54) is 0 Å². The Morgan fingerprint density at radius 3 is 2.62 bits per heavy atom. The van der Waals surface area contributed by atoms with Crippen molar-refractivity contribution in [2.24, 2.45) is 0 Å². The molecule has 0 radical (unpaired) electrons. The molecule has 16 heavy (non-hydrogen) atoms. The van der Waals surface area contributed by atoms with Gasteiger partial charge in [0.15, 0.2) is 0 Å².